The van der Waals surface area contributed by atoms with Gasteiger partial charge in [-0.25, -0.2) is 5.84 Å². The standard InChI is InChI=1S/C11H16ClN3/c1-2-6-14-11(15-13)8-9-4-3-5-10(12)7-9/h3-5,7H,2,6,8,13H2,1H3,(H,14,15). The molecular formula is C11H16ClN3. The van der Waals surface area contributed by atoms with Gasteiger partial charge in [-0.1, -0.05) is 30.7 Å². The van der Waals surface area contributed by atoms with Gasteiger partial charge in [0.05, 0.1) is 0 Å². The first-order valence-electron chi connectivity index (χ1n) is 5.00. The molecule has 0 bridgehead atoms. The zero-order valence-electron chi connectivity index (χ0n) is 8.83. The summed E-state index contributed by atoms with van der Waals surface area (Å²) in [7, 11) is 0. The van der Waals surface area contributed by atoms with E-state index in [1.807, 2.05) is 24.3 Å². The Bertz CT molecular complexity index is 336. The third-order valence-corrected chi connectivity index (χ3v) is 2.19. The highest BCUT2D eigenvalue weighted by Crippen LogP contribution is 2.11. The summed E-state index contributed by atoms with van der Waals surface area (Å²) in [5.74, 6) is 6.18. The molecule has 0 aliphatic rings. The van der Waals surface area contributed by atoms with E-state index in [0.717, 1.165) is 29.4 Å². The van der Waals surface area contributed by atoms with E-state index < -0.39 is 0 Å². The number of aliphatic imine (C=N–C) groups is 1. The van der Waals surface area contributed by atoms with Gasteiger partial charge >= 0.3 is 0 Å². The maximum Gasteiger partial charge on any atom is 0.115 e. The van der Waals surface area contributed by atoms with E-state index in [1.54, 1.807) is 0 Å². The molecule has 3 N–H and O–H groups in total. The van der Waals surface area contributed by atoms with Gasteiger partial charge in [0, 0.05) is 18.0 Å². The van der Waals surface area contributed by atoms with Crippen LogP contribution >= 0.6 is 11.6 Å². The molecule has 0 amide bonds. The lowest BCUT2D eigenvalue weighted by Gasteiger charge is -2.05. The highest BCUT2D eigenvalue weighted by atomic mass is 35.5. The van der Waals surface area contributed by atoms with Crippen molar-refractivity contribution in [3.63, 3.8) is 0 Å². The Hall–Kier alpha value is -1.06. The molecular weight excluding hydrogens is 210 g/mol. The number of hydrazine groups is 1. The van der Waals surface area contributed by atoms with E-state index in [2.05, 4.69) is 17.3 Å². The van der Waals surface area contributed by atoms with Gasteiger partial charge < -0.3 is 5.43 Å². The third kappa shape index (κ3) is 4.32. The SMILES string of the molecule is CCCN=C(Cc1cccc(Cl)c1)NN. The maximum absolute atomic E-state index is 5.88. The predicted molar refractivity (Wildman–Crippen MR) is 65.1 cm³/mol. The third-order valence-electron chi connectivity index (χ3n) is 1.95. The van der Waals surface area contributed by atoms with Crippen molar-refractivity contribution in [3.8, 4) is 0 Å². The van der Waals surface area contributed by atoms with E-state index in [0.29, 0.717) is 6.42 Å². The van der Waals surface area contributed by atoms with E-state index in [4.69, 9.17) is 17.4 Å². The Labute approximate surface area is 95.3 Å². The van der Waals surface area contributed by atoms with Crippen molar-refractivity contribution < 1.29 is 0 Å². The summed E-state index contributed by atoms with van der Waals surface area (Å²) in [6.07, 6.45) is 1.71. The molecule has 0 aromatic heterocycles. The summed E-state index contributed by atoms with van der Waals surface area (Å²) in [4.78, 5) is 4.32. The minimum atomic E-state index is 0.692. The topological polar surface area (TPSA) is 50.4 Å². The lowest BCUT2D eigenvalue weighted by atomic mass is 10.1. The van der Waals surface area contributed by atoms with Gasteiger partial charge in [-0.15, -0.1) is 0 Å². The average molecular weight is 226 g/mol. The number of nitrogens with one attached hydrogen (secondary N) is 1. The quantitative estimate of drug-likeness (QED) is 0.357. The molecule has 1 rings (SSSR count). The smallest absolute Gasteiger partial charge is 0.115 e. The minimum absolute atomic E-state index is 0.692. The molecule has 0 radical (unpaired) electrons. The van der Waals surface area contributed by atoms with Gasteiger partial charge in [-0.2, -0.15) is 0 Å². The molecule has 82 valence electrons. The number of amidine groups is 1. The van der Waals surface area contributed by atoms with Crippen LogP contribution in [0.4, 0.5) is 0 Å². The van der Waals surface area contributed by atoms with Gasteiger partial charge in [-0.3, -0.25) is 4.99 Å². The molecule has 0 aliphatic carbocycles. The number of halogens is 1. The molecule has 0 heterocycles. The van der Waals surface area contributed by atoms with Gasteiger partial charge in [0.2, 0.25) is 0 Å². The van der Waals surface area contributed by atoms with Crippen molar-refractivity contribution >= 4 is 17.4 Å². The van der Waals surface area contributed by atoms with Gasteiger partial charge in [0.1, 0.15) is 5.84 Å². The van der Waals surface area contributed by atoms with Crippen molar-refractivity contribution in [2.24, 2.45) is 10.8 Å². The molecule has 15 heavy (non-hydrogen) atoms. The van der Waals surface area contributed by atoms with Crippen LogP contribution in [0, 0.1) is 0 Å². The van der Waals surface area contributed by atoms with Crippen molar-refractivity contribution in [3.05, 3.63) is 34.9 Å². The molecule has 3 nitrogen and oxygen atoms in total. The molecule has 0 aliphatic heterocycles. The van der Waals surface area contributed by atoms with Crippen LogP contribution in [0.15, 0.2) is 29.3 Å². The monoisotopic (exact) mass is 225 g/mol. The Kier molecular flexibility index (Phi) is 5.15. The van der Waals surface area contributed by atoms with Gasteiger partial charge in [-0.05, 0) is 24.1 Å². The van der Waals surface area contributed by atoms with E-state index in [1.165, 1.54) is 0 Å². The number of nitrogens with zero attached hydrogens (tertiary/aromatic N) is 1. The molecule has 0 atom stereocenters. The van der Waals surface area contributed by atoms with Crippen molar-refractivity contribution in [1.29, 1.82) is 0 Å². The number of hydrogen-bond acceptors (Lipinski definition) is 2. The molecule has 4 heteroatoms. The summed E-state index contributed by atoms with van der Waals surface area (Å²) in [6.45, 7) is 2.87. The predicted octanol–water partition coefficient (Wildman–Crippen LogP) is 2.15. The van der Waals surface area contributed by atoms with Crippen LogP contribution in [0.25, 0.3) is 0 Å². The molecule has 1 aromatic rings. The fourth-order valence-electron chi connectivity index (χ4n) is 1.24. The largest absolute Gasteiger partial charge is 0.312 e. The van der Waals surface area contributed by atoms with Gasteiger partial charge in [0.15, 0.2) is 0 Å². The molecule has 0 saturated heterocycles. The first-order chi connectivity index (χ1) is 7.26. The number of hydrogen-bond donors (Lipinski definition) is 2. The van der Waals surface area contributed by atoms with Crippen molar-refractivity contribution in [1.82, 2.24) is 5.43 Å². The van der Waals surface area contributed by atoms with E-state index in [9.17, 15) is 0 Å². The number of rotatable bonds is 4. The first-order valence-corrected chi connectivity index (χ1v) is 5.38. The Morgan fingerprint density at radius 2 is 2.33 bits per heavy atom. The Balaban J connectivity index is 2.66. The highest BCUT2D eigenvalue weighted by molar-refractivity contribution is 6.30. The van der Waals surface area contributed by atoms with Crippen LogP contribution in [0.5, 0.6) is 0 Å². The Morgan fingerprint density at radius 1 is 1.53 bits per heavy atom. The maximum atomic E-state index is 5.88. The van der Waals surface area contributed by atoms with E-state index in [-0.39, 0.29) is 0 Å². The Morgan fingerprint density at radius 3 is 2.93 bits per heavy atom. The zero-order chi connectivity index (χ0) is 11.1. The van der Waals surface area contributed by atoms with Crippen molar-refractivity contribution in [2.45, 2.75) is 19.8 Å². The summed E-state index contributed by atoms with van der Waals surface area (Å²) >= 11 is 5.88. The fraction of sp³-hybridized carbons (Fsp3) is 0.364. The number of nitrogens with two attached hydrogens (primary N) is 1. The lowest BCUT2D eigenvalue weighted by Crippen LogP contribution is -2.32. The molecule has 1 aromatic carbocycles. The first kappa shape index (κ1) is 12.0. The summed E-state index contributed by atoms with van der Waals surface area (Å²) in [6, 6.07) is 7.69. The van der Waals surface area contributed by atoms with E-state index >= 15 is 0 Å². The lowest BCUT2D eigenvalue weighted by molar-refractivity contribution is 0.893. The van der Waals surface area contributed by atoms with Crippen molar-refractivity contribution in [2.75, 3.05) is 6.54 Å². The fourth-order valence-corrected chi connectivity index (χ4v) is 1.45. The van der Waals surface area contributed by atoms with Crippen LogP contribution < -0.4 is 11.3 Å². The van der Waals surface area contributed by atoms with Crippen LogP contribution in [0.3, 0.4) is 0 Å². The summed E-state index contributed by atoms with van der Waals surface area (Å²) in [5, 5.41) is 0.736. The molecule has 0 spiro atoms. The van der Waals surface area contributed by atoms with Crippen LogP contribution in [0.1, 0.15) is 18.9 Å². The summed E-state index contributed by atoms with van der Waals surface area (Å²) in [5.41, 5.74) is 3.72. The molecule has 0 unspecified atom stereocenters. The summed E-state index contributed by atoms with van der Waals surface area (Å²) < 4.78 is 0. The minimum Gasteiger partial charge on any atom is -0.312 e. The number of benzene rings is 1. The second-order valence-corrected chi connectivity index (χ2v) is 3.72. The second-order valence-electron chi connectivity index (χ2n) is 3.28. The highest BCUT2D eigenvalue weighted by Gasteiger charge is 1.99. The van der Waals surface area contributed by atoms with Crippen LogP contribution in [0.2, 0.25) is 5.02 Å². The van der Waals surface area contributed by atoms with Crippen LogP contribution in [-0.4, -0.2) is 12.4 Å². The van der Waals surface area contributed by atoms with Crippen LogP contribution in [-0.2, 0) is 6.42 Å². The zero-order valence-corrected chi connectivity index (χ0v) is 9.59. The molecule has 0 saturated carbocycles. The van der Waals surface area contributed by atoms with Gasteiger partial charge in [0.25, 0.3) is 0 Å². The molecule has 0 fully saturated rings. The average Bonchev–Trinajstić information content (AvgIpc) is 2.24. The second kappa shape index (κ2) is 6.43. The normalized spacial score (nSPS) is 11.5.